The third-order valence-corrected chi connectivity index (χ3v) is 5.04. The van der Waals surface area contributed by atoms with Gasteiger partial charge in [0.1, 0.15) is 0 Å². The summed E-state index contributed by atoms with van der Waals surface area (Å²) in [6, 6.07) is 2.28. The fraction of sp³-hybridized carbons (Fsp3) is 0.625. The molecule has 2 aromatic heterocycles. The Morgan fingerprint density at radius 2 is 2.17 bits per heavy atom. The van der Waals surface area contributed by atoms with Gasteiger partial charge in [-0.2, -0.15) is 0 Å². The Labute approximate surface area is 144 Å². The van der Waals surface area contributed by atoms with Crippen LogP contribution < -0.4 is 5.32 Å². The molecule has 0 saturated heterocycles. The fourth-order valence-corrected chi connectivity index (χ4v) is 3.72. The summed E-state index contributed by atoms with van der Waals surface area (Å²) in [5, 5.41) is 17.6. The zero-order valence-corrected chi connectivity index (χ0v) is 15.1. The minimum absolute atomic E-state index is 0.143. The number of methoxy groups -OCH3 is 1. The highest BCUT2D eigenvalue weighted by atomic mass is 79.9. The van der Waals surface area contributed by atoms with Crippen LogP contribution in [0.15, 0.2) is 16.7 Å². The summed E-state index contributed by atoms with van der Waals surface area (Å²) in [6.45, 7) is 2.64. The van der Waals surface area contributed by atoms with E-state index in [0.29, 0.717) is 18.5 Å². The van der Waals surface area contributed by atoms with Gasteiger partial charge in [0.25, 0.3) is 0 Å². The highest BCUT2D eigenvalue weighted by Gasteiger charge is 2.24. The SMILES string of the molecule is COC[C@H](C)Nc1ncc2c(Br)cc([C@H]3CC[C@@H](O)CC3)n2n1. The number of aliphatic hydroxyl groups excluding tert-OH is 1. The lowest BCUT2D eigenvalue weighted by atomic mass is 9.85. The molecule has 7 heteroatoms. The lowest BCUT2D eigenvalue weighted by Gasteiger charge is -2.25. The first-order valence-electron chi connectivity index (χ1n) is 8.06. The molecule has 1 aliphatic carbocycles. The summed E-state index contributed by atoms with van der Waals surface area (Å²) in [4.78, 5) is 4.39. The molecule has 126 valence electrons. The van der Waals surface area contributed by atoms with Gasteiger partial charge in [-0.05, 0) is 54.6 Å². The predicted octanol–water partition coefficient (Wildman–Crippen LogP) is 2.96. The Morgan fingerprint density at radius 1 is 1.43 bits per heavy atom. The molecule has 2 aromatic rings. The number of hydrogen-bond donors (Lipinski definition) is 2. The van der Waals surface area contributed by atoms with E-state index >= 15 is 0 Å². The molecule has 3 rings (SSSR count). The first-order valence-corrected chi connectivity index (χ1v) is 8.85. The number of fused-ring (bicyclic) bond motifs is 1. The van der Waals surface area contributed by atoms with Crippen molar-refractivity contribution >= 4 is 27.4 Å². The number of anilines is 1. The zero-order chi connectivity index (χ0) is 16.4. The summed E-state index contributed by atoms with van der Waals surface area (Å²) in [5.41, 5.74) is 2.15. The number of aliphatic hydroxyl groups is 1. The van der Waals surface area contributed by atoms with Crippen molar-refractivity contribution in [1.29, 1.82) is 0 Å². The van der Waals surface area contributed by atoms with E-state index in [4.69, 9.17) is 4.74 Å². The number of halogens is 1. The van der Waals surface area contributed by atoms with Crippen LogP contribution in [0, 0.1) is 0 Å². The second-order valence-corrected chi connectivity index (χ2v) is 7.16. The lowest BCUT2D eigenvalue weighted by Crippen LogP contribution is -2.23. The van der Waals surface area contributed by atoms with E-state index in [2.05, 4.69) is 37.4 Å². The van der Waals surface area contributed by atoms with Gasteiger partial charge in [0, 0.05) is 29.2 Å². The van der Waals surface area contributed by atoms with Crippen molar-refractivity contribution in [3.05, 3.63) is 22.4 Å². The summed E-state index contributed by atoms with van der Waals surface area (Å²) in [5.74, 6) is 1.03. The van der Waals surface area contributed by atoms with Gasteiger partial charge in [-0.15, -0.1) is 5.10 Å². The molecule has 23 heavy (non-hydrogen) atoms. The average Bonchev–Trinajstić information content (AvgIpc) is 2.85. The number of nitrogens with zero attached hydrogens (tertiary/aromatic N) is 3. The van der Waals surface area contributed by atoms with E-state index in [-0.39, 0.29) is 12.1 Å². The van der Waals surface area contributed by atoms with E-state index in [1.807, 2.05) is 17.6 Å². The van der Waals surface area contributed by atoms with E-state index in [1.165, 1.54) is 5.69 Å². The van der Waals surface area contributed by atoms with Gasteiger partial charge in [-0.3, -0.25) is 0 Å². The van der Waals surface area contributed by atoms with Crippen molar-refractivity contribution in [3.8, 4) is 0 Å². The third-order valence-electron chi connectivity index (χ3n) is 4.40. The smallest absolute Gasteiger partial charge is 0.241 e. The van der Waals surface area contributed by atoms with Crippen LogP contribution in [0.1, 0.15) is 44.2 Å². The van der Waals surface area contributed by atoms with Crippen LogP contribution in [-0.4, -0.2) is 45.6 Å². The van der Waals surface area contributed by atoms with Gasteiger partial charge in [0.2, 0.25) is 5.95 Å². The zero-order valence-electron chi connectivity index (χ0n) is 13.5. The van der Waals surface area contributed by atoms with E-state index < -0.39 is 0 Å². The third kappa shape index (κ3) is 3.67. The molecular formula is C16H23BrN4O2. The number of ether oxygens (including phenoxy) is 1. The van der Waals surface area contributed by atoms with Crippen molar-refractivity contribution in [3.63, 3.8) is 0 Å². The molecule has 1 aliphatic rings. The largest absolute Gasteiger partial charge is 0.393 e. The van der Waals surface area contributed by atoms with E-state index in [9.17, 15) is 5.11 Å². The Hall–Kier alpha value is -1.18. The Kier molecular flexibility index (Phi) is 5.18. The second-order valence-electron chi connectivity index (χ2n) is 6.30. The molecule has 0 radical (unpaired) electrons. The second kappa shape index (κ2) is 7.15. The number of nitrogens with one attached hydrogen (secondary N) is 1. The highest BCUT2D eigenvalue weighted by molar-refractivity contribution is 9.10. The quantitative estimate of drug-likeness (QED) is 0.831. The normalized spacial score (nSPS) is 23.1. The molecule has 2 N–H and O–H groups in total. The number of hydrogen-bond acceptors (Lipinski definition) is 5. The molecule has 0 unspecified atom stereocenters. The van der Waals surface area contributed by atoms with Crippen molar-refractivity contribution in [2.75, 3.05) is 19.0 Å². The highest BCUT2D eigenvalue weighted by Crippen LogP contribution is 2.36. The molecule has 1 saturated carbocycles. The summed E-state index contributed by atoms with van der Waals surface area (Å²) >= 11 is 3.61. The molecule has 2 heterocycles. The Bertz CT molecular complexity index is 667. The van der Waals surface area contributed by atoms with Gasteiger partial charge in [0.15, 0.2) is 0 Å². The van der Waals surface area contributed by atoms with Crippen LogP contribution in [0.5, 0.6) is 0 Å². The molecular weight excluding hydrogens is 360 g/mol. The predicted molar refractivity (Wildman–Crippen MR) is 92.9 cm³/mol. The topological polar surface area (TPSA) is 71.7 Å². The Morgan fingerprint density at radius 3 is 2.87 bits per heavy atom. The standard InChI is InChI=1S/C16H23BrN4O2/c1-10(9-23-2)19-16-18-8-15-13(17)7-14(21(15)20-16)11-3-5-12(22)6-4-11/h7-8,10-12,22H,3-6,9H2,1-2H3,(H,19,20)/t10-,11-,12+/m0/s1. The first-order chi connectivity index (χ1) is 11.1. The molecule has 0 amide bonds. The molecule has 1 atom stereocenters. The van der Waals surface area contributed by atoms with Crippen molar-refractivity contribution in [1.82, 2.24) is 14.6 Å². The summed E-state index contributed by atoms with van der Waals surface area (Å²) in [6.07, 6.45) is 5.38. The van der Waals surface area contributed by atoms with Crippen LogP contribution in [0.3, 0.4) is 0 Å². The molecule has 0 bridgehead atoms. The van der Waals surface area contributed by atoms with Gasteiger partial charge in [-0.1, -0.05) is 0 Å². The van der Waals surface area contributed by atoms with E-state index in [0.717, 1.165) is 35.7 Å². The average molecular weight is 383 g/mol. The molecule has 0 spiro atoms. The number of aromatic nitrogens is 3. The summed E-state index contributed by atoms with van der Waals surface area (Å²) in [7, 11) is 1.68. The maximum Gasteiger partial charge on any atom is 0.241 e. The monoisotopic (exact) mass is 382 g/mol. The van der Waals surface area contributed by atoms with Gasteiger partial charge in [0.05, 0.1) is 24.4 Å². The fourth-order valence-electron chi connectivity index (χ4n) is 3.22. The molecule has 0 aliphatic heterocycles. The van der Waals surface area contributed by atoms with Crippen LogP contribution >= 0.6 is 15.9 Å². The minimum Gasteiger partial charge on any atom is -0.393 e. The van der Waals surface area contributed by atoms with Crippen molar-refractivity contribution < 1.29 is 9.84 Å². The van der Waals surface area contributed by atoms with Gasteiger partial charge in [-0.25, -0.2) is 9.50 Å². The molecule has 1 fully saturated rings. The van der Waals surface area contributed by atoms with E-state index in [1.54, 1.807) is 7.11 Å². The minimum atomic E-state index is -0.150. The Balaban J connectivity index is 1.89. The maximum atomic E-state index is 9.72. The van der Waals surface area contributed by atoms with Crippen molar-refractivity contribution in [2.45, 2.75) is 50.7 Å². The van der Waals surface area contributed by atoms with Gasteiger partial charge < -0.3 is 15.2 Å². The van der Waals surface area contributed by atoms with Crippen LogP contribution in [0.4, 0.5) is 5.95 Å². The lowest BCUT2D eigenvalue weighted by molar-refractivity contribution is 0.121. The maximum absolute atomic E-state index is 9.72. The number of rotatable bonds is 5. The molecule has 6 nitrogen and oxygen atoms in total. The van der Waals surface area contributed by atoms with Crippen LogP contribution in [0.25, 0.3) is 5.52 Å². The van der Waals surface area contributed by atoms with Gasteiger partial charge >= 0.3 is 0 Å². The van der Waals surface area contributed by atoms with Crippen LogP contribution in [-0.2, 0) is 4.74 Å². The molecule has 0 aromatic carbocycles. The van der Waals surface area contributed by atoms with Crippen LogP contribution in [0.2, 0.25) is 0 Å². The summed E-state index contributed by atoms with van der Waals surface area (Å²) < 4.78 is 8.12. The van der Waals surface area contributed by atoms with Crippen molar-refractivity contribution in [2.24, 2.45) is 0 Å². The first kappa shape index (κ1) is 16.7.